The molecule has 108 valence electrons. The van der Waals surface area contributed by atoms with E-state index >= 15 is 0 Å². The van der Waals surface area contributed by atoms with Gasteiger partial charge in [-0.15, -0.1) is 0 Å². The fraction of sp³-hybridized carbons (Fsp3) is 0.312. The zero-order valence-corrected chi connectivity index (χ0v) is 12.7. The number of furan rings is 1. The lowest BCUT2D eigenvalue weighted by molar-refractivity contribution is 0.383. The normalized spacial score (nSPS) is 18.6. The number of aromatic nitrogens is 2. The summed E-state index contributed by atoms with van der Waals surface area (Å²) >= 11 is 0. The highest BCUT2D eigenvalue weighted by Gasteiger charge is 2.24. The summed E-state index contributed by atoms with van der Waals surface area (Å²) < 4.78 is 8.13. The molecular formula is C16H18N4O. The summed E-state index contributed by atoms with van der Waals surface area (Å²) in [6.45, 7) is 4.16. The molecule has 4 rings (SSSR count). The van der Waals surface area contributed by atoms with Crippen molar-refractivity contribution in [3.63, 3.8) is 0 Å². The molecule has 1 aliphatic heterocycles. The predicted molar refractivity (Wildman–Crippen MR) is 84.1 cm³/mol. The molecular weight excluding hydrogens is 264 g/mol. The Bertz CT molecular complexity index is 873. The molecule has 5 nitrogen and oxygen atoms in total. The van der Waals surface area contributed by atoms with Crippen LogP contribution in [0.4, 0.5) is 5.69 Å². The second-order valence-corrected chi connectivity index (χ2v) is 5.63. The minimum absolute atomic E-state index is 0.276. The topological polar surface area (TPSA) is 37.4 Å². The van der Waals surface area contributed by atoms with Gasteiger partial charge in [-0.25, -0.2) is 4.98 Å². The molecule has 1 atom stereocenters. The summed E-state index contributed by atoms with van der Waals surface area (Å²) in [4.78, 5) is 9.02. The van der Waals surface area contributed by atoms with Crippen LogP contribution in [0, 0.1) is 6.92 Å². The first-order valence-corrected chi connectivity index (χ1v) is 7.11. The third-order valence-corrected chi connectivity index (χ3v) is 4.45. The van der Waals surface area contributed by atoms with E-state index in [0.717, 1.165) is 33.7 Å². The molecule has 0 bridgehead atoms. The maximum absolute atomic E-state index is 6.14. The second-order valence-electron chi connectivity index (χ2n) is 5.63. The van der Waals surface area contributed by atoms with Crippen LogP contribution in [0.25, 0.3) is 22.2 Å². The Labute approximate surface area is 123 Å². The maximum atomic E-state index is 6.14. The average molecular weight is 282 g/mol. The van der Waals surface area contributed by atoms with Crippen LogP contribution < -0.4 is 4.90 Å². The van der Waals surface area contributed by atoms with Crippen molar-refractivity contribution >= 4 is 27.9 Å². The third-order valence-electron chi connectivity index (χ3n) is 4.45. The Morgan fingerprint density at radius 3 is 2.71 bits per heavy atom. The molecule has 3 heterocycles. The van der Waals surface area contributed by atoms with E-state index < -0.39 is 0 Å². The number of benzene rings is 1. The van der Waals surface area contributed by atoms with Gasteiger partial charge in [-0.2, -0.15) is 0 Å². The molecule has 0 unspecified atom stereocenters. The summed E-state index contributed by atoms with van der Waals surface area (Å²) in [6, 6.07) is 6.23. The highest BCUT2D eigenvalue weighted by Crippen LogP contribution is 2.36. The van der Waals surface area contributed by atoms with Gasteiger partial charge in [-0.3, -0.25) is 0 Å². The lowest BCUT2D eigenvalue weighted by Crippen LogP contribution is -2.33. The molecule has 5 heteroatoms. The van der Waals surface area contributed by atoms with Crippen LogP contribution in [0.2, 0.25) is 0 Å². The first kappa shape index (κ1) is 12.3. The molecule has 1 aliphatic rings. The molecule has 0 saturated heterocycles. The van der Waals surface area contributed by atoms with Crippen LogP contribution in [0.1, 0.15) is 12.7 Å². The van der Waals surface area contributed by atoms with Crippen LogP contribution in [-0.2, 0) is 7.05 Å². The lowest BCUT2D eigenvalue weighted by atomic mass is 10.2. The van der Waals surface area contributed by atoms with Crippen molar-refractivity contribution in [2.75, 3.05) is 11.9 Å². The number of imidazole rings is 1. The maximum Gasteiger partial charge on any atom is 0.228 e. The van der Waals surface area contributed by atoms with Crippen molar-refractivity contribution in [1.29, 1.82) is 0 Å². The summed E-state index contributed by atoms with van der Waals surface area (Å²) in [5.41, 5.74) is 3.75. The highest BCUT2D eigenvalue weighted by molar-refractivity contribution is 6.06. The molecule has 2 aromatic heterocycles. The van der Waals surface area contributed by atoms with Crippen molar-refractivity contribution in [3.8, 4) is 0 Å². The molecule has 0 fully saturated rings. The van der Waals surface area contributed by atoms with Crippen molar-refractivity contribution in [3.05, 3.63) is 36.4 Å². The van der Waals surface area contributed by atoms with E-state index in [1.54, 1.807) is 0 Å². The Morgan fingerprint density at radius 2 is 2.00 bits per heavy atom. The molecule has 0 aliphatic carbocycles. The van der Waals surface area contributed by atoms with Gasteiger partial charge in [0.1, 0.15) is 17.5 Å². The Morgan fingerprint density at radius 1 is 1.19 bits per heavy atom. The fourth-order valence-corrected chi connectivity index (χ4v) is 2.91. The van der Waals surface area contributed by atoms with Gasteiger partial charge in [0.05, 0.1) is 11.1 Å². The third kappa shape index (κ3) is 1.54. The first-order valence-electron chi connectivity index (χ1n) is 7.11. The van der Waals surface area contributed by atoms with Crippen LogP contribution in [-0.4, -0.2) is 27.7 Å². The van der Waals surface area contributed by atoms with Crippen molar-refractivity contribution in [2.24, 2.45) is 7.05 Å². The zero-order valence-electron chi connectivity index (χ0n) is 12.7. The average Bonchev–Trinajstić information content (AvgIpc) is 3.08. The van der Waals surface area contributed by atoms with Gasteiger partial charge in [-0.05, 0) is 26.0 Å². The van der Waals surface area contributed by atoms with Gasteiger partial charge >= 0.3 is 0 Å². The van der Waals surface area contributed by atoms with E-state index in [1.807, 2.05) is 18.5 Å². The Hall–Kier alpha value is -2.43. The highest BCUT2D eigenvalue weighted by atomic mass is 16.3. The van der Waals surface area contributed by atoms with Gasteiger partial charge < -0.3 is 18.8 Å². The lowest BCUT2D eigenvalue weighted by Gasteiger charge is -2.26. The second kappa shape index (κ2) is 4.04. The minimum Gasteiger partial charge on any atom is -0.436 e. The van der Waals surface area contributed by atoms with E-state index in [9.17, 15) is 0 Å². The Kier molecular flexibility index (Phi) is 2.37. The van der Waals surface area contributed by atoms with Crippen LogP contribution in [0.3, 0.4) is 0 Å². The molecule has 0 N–H and O–H groups in total. The number of anilines is 1. The van der Waals surface area contributed by atoms with Crippen molar-refractivity contribution in [2.45, 2.75) is 20.0 Å². The summed E-state index contributed by atoms with van der Waals surface area (Å²) in [5, 5.41) is 1.07. The zero-order chi connectivity index (χ0) is 14.7. The molecule has 1 aromatic carbocycles. The summed E-state index contributed by atoms with van der Waals surface area (Å²) in [7, 11) is 4.06. The van der Waals surface area contributed by atoms with E-state index in [0.29, 0.717) is 0 Å². The van der Waals surface area contributed by atoms with Crippen LogP contribution >= 0.6 is 0 Å². The van der Waals surface area contributed by atoms with Crippen molar-refractivity contribution < 1.29 is 4.42 Å². The number of hydrogen-bond donors (Lipinski definition) is 0. The van der Waals surface area contributed by atoms with Crippen LogP contribution in [0.15, 0.2) is 35.0 Å². The molecule has 0 radical (unpaired) electrons. The quantitative estimate of drug-likeness (QED) is 0.687. The molecule has 0 saturated carbocycles. The number of fused-ring (bicyclic) bond motifs is 3. The van der Waals surface area contributed by atoms with E-state index in [2.05, 4.69) is 59.4 Å². The van der Waals surface area contributed by atoms with E-state index in [4.69, 9.17) is 4.42 Å². The minimum atomic E-state index is 0.276. The molecule has 0 amide bonds. The monoisotopic (exact) mass is 282 g/mol. The predicted octanol–water partition coefficient (Wildman–Crippen LogP) is 3.20. The largest absolute Gasteiger partial charge is 0.436 e. The number of nitrogens with zero attached hydrogens (tertiary/aromatic N) is 4. The van der Waals surface area contributed by atoms with Gasteiger partial charge in [0.25, 0.3) is 0 Å². The summed E-state index contributed by atoms with van der Waals surface area (Å²) in [5.74, 6) is 0.963. The van der Waals surface area contributed by atoms with E-state index in [-0.39, 0.29) is 6.17 Å². The molecule has 3 aromatic rings. The number of aryl methyl sites for hydroxylation is 2. The standard InChI is InChI=1S/C16H18N4O/c1-10-17-14-12-6-5-7-13(15(12)21-16(14)19(10)4)20-9-8-18(3)11(20)2/h5-9,11H,1-4H3/t11-/m0/s1. The smallest absolute Gasteiger partial charge is 0.228 e. The number of para-hydroxylation sites is 1. The Balaban J connectivity index is 1.99. The molecule has 0 spiro atoms. The molecule has 21 heavy (non-hydrogen) atoms. The fourth-order valence-electron chi connectivity index (χ4n) is 2.91. The number of hydrogen-bond acceptors (Lipinski definition) is 4. The van der Waals surface area contributed by atoms with Gasteiger partial charge in [0.15, 0.2) is 5.58 Å². The van der Waals surface area contributed by atoms with Gasteiger partial charge in [-0.1, -0.05) is 6.07 Å². The van der Waals surface area contributed by atoms with Crippen LogP contribution in [0.5, 0.6) is 0 Å². The summed E-state index contributed by atoms with van der Waals surface area (Å²) in [6.07, 6.45) is 4.44. The van der Waals surface area contributed by atoms with Crippen molar-refractivity contribution in [1.82, 2.24) is 14.5 Å². The van der Waals surface area contributed by atoms with Gasteiger partial charge in [0.2, 0.25) is 5.71 Å². The van der Waals surface area contributed by atoms with Gasteiger partial charge in [0, 0.05) is 26.5 Å². The number of rotatable bonds is 1. The van der Waals surface area contributed by atoms with E-state index in [1.165, 1.54) is 0 Å². The SMILES string of the molecule is Cc1nc2c3cccc(N4C=CN(C)[C@@H]4C)c3oc2n1C. The first-order chi connectivity index (χ1) is 10.1.